The molecule has 1 fully saturated rings. The fourth-order valence-electron chi connectivity index (χ4n) is 4.32. The number of piperazine rings is 1. The van der Waals surface area contributed by atoms with Crippen LogP contribution in [0, 0.1) is 0 Å². The molecule has 0 amide bonds. The molecule has 0 unspecified atom stereocenters. The van der Waals surface area contributed by atoms with Gasteiger partial charge in [0, 0.05) is 51.0 Å². The van der Waals surface area contributed by atoms with Gasteiger partial charge in [-0.3, -0.25) is 9.80 Å². The van der Waals surface area contributed by atoms with Crippen LogP contribution < -0.4 is 0 Å². The van der Waals surface area contributed by atoms with E-state index >= 15 is 0 Å². The highest BCUT2D eigenvalue weighted by Gasteiger charge is 2.71. The summed E-state index contributed by atoms with van der Waals surface area (Å²) in [5.74, 6) is 0. The van der Waals surface area contributed by atoms with Crippen LogP contribution in [0.15, 0.2) is 66.9 Å². The van der Waals surface area contributed by atoms with E-state index in [1.807, 2.05) is 18.2 Å². The first-order chi connectivity index (χ1) is 17.4. The van der Waals surface area contributed by atoms with Crippen molar-refractivity contribution in [2.24, 2.45) is 0 Å². The average molecular weight is 544 g/mol. The second-order valence-corrected chi connectivity index (χ2v) is 9.41. The van der Waals surface area contributed by atoms with Crippen molar-refractivity contribution in [3.8, 4) is 11.1 Å². The molecule has 0 aliphatic carbocycles. The van der Waals surface area contributed by atoms with Crippen molar-refractivity contribution in [3.63, 3.8) is 0 Å². The van der Waals surface area contributed by atoms with Gasteiger partial charge in [-0.25, -0.2) is 4.98 Å². The molecule has 37 heavy (non-hydrogen) atoms. The van der Waals surface area contributed by atoms with E-state index < -0.39 is 23.5 Å². The Morgan fingerprint density at radius 2 is 1.11 bits per heavy atom. The minimum absolute atomic E-state index is 0.437. The molecule has 0 bridgehead atoms. The average Bonchev–Trinajstić information content (AvgIpc) is 2.85. The lowest BCUT2D eigenvalue weighted by Gasteiger charge is -2.34. The Bertz CT molecular complexity index is 1160. The van der Waals surface area contributed by atoms with Gasteiger partial charge in [0.1, 0.15) is 5.15 Å². The zero-order chi connectivity index (χ0) is 26.8. The molecule has 2 aromatic carbocycles. The van der Waals surface area contributed by atoms with Crippen LogP contribution in [0.1, 0.15) is 16.7 Å². The van der Waals surface area contributed by atoms with Crippen LogP contribution in [-0.4, -0.2) is 58.4 Å². The molecule has 4 rings (SSSR count). The van der Waals surface area contributed by atoms with Crippen molar-refractivity contribution in [1.82, 2.24) is 14.8 Å². The third-order valence-electron chi connectivity index (χ3n) is 6.48. The Morgan fingerprint density at radius 3 is 1.54 bits per heavy atom. The number of rotatable bonds is 6. The van der Waals surface area contributed by atoms with Crippen molar-refractivity contribution < 1.29 is 31.4 Å². The molecule has 1 N–H and O–H groups in total. The summed E-state index contributed by atoms with van der Waals surface area (Å²) in [6.07, 6.45) is -10.0. The highest BCUT2D eigenvalue weighted by Crippen LogP contribution is 2.50. The molecule has 3 aromatic rings. The number of halogens is 7. The largest absolute Gasteiger partial charge is 0.430 e. The fraction of sp³-hybridized carbons (Fsp3) is 0.346. The number of pyridine rings is 1. The second kappa shape index (κ2) is 10.6. The van der Waals surface area contributed by atoms with E-state index in [-0.39, 0.29) is 0 Å². The maximum absolute atomic E-state index is 13.1. The highest BCUT2D eigenvalue weighted by atomic mass is 35.5. The van der Waals surface area contributed by atoms with Gasteiger partial charge in [0.15, 0.2) is 0 Å². The number of hydrogen-bond acceptors (Lipinski definition) is 4. The minimum atomic E-state index is -5.91. The van der Waals surface area contributed by atoms with E-state index in [4.69, 9.17) is 11.6 Å². The Morgan fingerprint density at radius 1 is 0.676 bits per heavy atom. The molecule has 0 radical (unpaired) electrons. The molecule has 198 valence electrons. The van der Waals surface area contributed by atoms with Gasteiger partial charge < -0.3 is 5.11 Å². The number of alkyl halides is 6. The topological polar surface area (TPSA) is 39.6 Å². The van der Waals surface area contributed by atoms with E-state index in [0.29, 0.717) is 28.4 Å². The molecule has 1 aliphatic rings. The van der Waals surface area contributed by atoms with Gasteiger partial charge in [-0.15, -0.1) is 0 Å². The molecule has 0 spiro atoms. The first-order valence-electron chi connectivity index (χ1n) is 11.5. The van der Waals surface area contributed by atoms with Crippen LogP contribution in [0.25, 0.3) is 11.1 Å². The summed E-state index contributed by atoms with van der Waals surface area (Å²) in [5.41, 5.74) is -2.99. The third kappa shape index (κ3) is 6.09. The lowest BCUT2D eigenvalue weighted by molar-refractivity contribution is -0.376. The van der Waals surface area contributed by atoms with Crippen LogP contribution in [0.2, 0.25) is 5.15 Å². The zero-order valence-electron chi connectivity index (χ0n) is 19.5. The van der Waals surface area contributed by atoms with E-state index in [1.54, 1.807) is 24.4 Å². The predicted molar refractivity (Wildman–Crippen MR) is 128 cm³/mol. The maximum Gasteiger partial charge on any atom is 0.430 e. The molecular formula is C26H24ClF6N3O. The second-order valence-electron chi connectivity index (χ2n) is 9.02. The Balaban J connectivity index is 1.35. The summed E-state index contributed by atoms with van der Waals surface area (Å²) >= 11 is 5.83. The van der Waals surface area contributed by atoms with Gasteiger partial charge in [-0.2, -0.15) is 26.3 Å². The Hall–Kier alpha value is -2.66. The number of aromatic nitrogens is 1. The van der Waals surface area contributed by atoms with Crippen molar-refractivity contribution in [1.29, 1.82) is 0 Å². The van der Waals surface area contributed by atoms with Crippen LogP contribution >= 0.6 is 11.6 Å². The quantitative estimate of drug-likeness (QED) is 0.304. The molecule has 0 saturated carbocycles. The van der Waals surface area contributed by atoms with E-state index in [1.165, 1.54) is 0 Å². The van der Waals surface area contributed by atoms with Crippen LogP contribution in [-0.2, 0) is 18.7 Å². The maximum atomic E-state index is 13.1. The summed E-state index contributed by atoms with van der Waals surface area (Å²) < 4.78 is 78.6. The summed E-state index contributed by atoms with van der Waals surface area (Å²) in [5, 5.41) is 10.0. The molecule has 1 saturated heterocycles. The molecule has 1 aromatic heterocycles. The van der Waals surface area contributed by atoms with E-state index in [0.717, 1.165) is 62.5 Å². The van der Waals surface area contributed by atoms with Crippen molar-refractivity contribution >= 4 is 11.6 Å². The molecule has 0 atom stereocenters. The monoisotopic (exact) mass is 543 g/mol. The molecular weight excluding hydrogens is 520 g/mol. The lowest BCUT2D eigenvalue weighted by atomic mass is 9.90. The molecule has 1 aliphatic heterocycles. The van der Waals surface area contributed by atoms with Crippen molar-refractivity contribution in [2.45, 2.75) is 31.0 Å². The predicted octanol–water partition coefficient (Wildman–Crippen LogP) is 6.03. The Labute approximate surface area is 215 Å². The SMILES string of the molecule is OC(c1ccc(-c2ccc(CN3CCN(Cc4ccc(Cl)nc4)CC3)cc2)cc1)(C(F)(F)F)C(F)(F)F. The molecule has 4 nitrogen and oxygen atoms in total. The first-order valence-corrected chi connectivity index (χ1v) is 11.9. The normalized spacial score (nSPS) is 16.2. The molecule has 2 heterocycles. The van der Waals surface area contributed by atoms with Gasteiger partial charge in [0.05, 0.1) is 0 Å². The highest BCUT2D eigenvalue weighted by molar-refractivity contribution is 6.29. The van der Waals surface area contributed by atoms with E-state index in [2.05, 4.69) is 14.8 Å². The number of nitrogens with zero attached hydrogens (tertiary/aromatic N) is 3. The first kappa shape index (κ1) is 27.4. The van der Waals surface area contributed by atoms with Crippen molar-refractivity contribution in [3.05, 3.63) is 88.7 Å². The number of benzene rings is 2. The smallest absolute Gasteiger partial charge is 0.369 e. The number of hydrogen-bond donors (Lipinski definition) is 1. The van der Waals surface area contributed by atoms with E-state index in [9.17, 15) is 31.4 Å². The minimum Gasteiger partial charge on any atom is -0.369 e. The van der Waals surface area contributed by atoms with Crippen molar-refractivity contribution in [2.75, 3.05) is 26.2 Å². The van der Waals surface area contributed by atoms with Crippen LogP contribution in [0.4, 0.5) is 26.3 Å². The third-order valence-corrected chi connectivity index (χ3v) is 6.70. The standard InChI is InChI=1S/C26H24ClF6N3O/c27-23-10-3-19(15-34-23)17-36-13-11-35(12-14-36)16-18-1-4-20(5-2-18)21-6-8-22(9-7-21)24(37,25(28,29)30)26(31,32)33/h1-10,15,37H,11-14,16-17H2. The zero-order valence-corrected chi connectivity index (χ0v) is 20.3. The van der Waals surface area contributed by atoms with Gasteiger partial charge >= 0.3 is 12.4 Å². The number of aliphatic hydroxyl groups is 1. The summed E-state index contributed by atoms with van der Waals surface area (Å²) in [6.45, 7) is 5.08. The lowest BCUT2D eigenvalue weighted by Crippen LogP contribution is -2.53. The van der Waals surface area contributed by atoms with Crippen LogP contribution in [0.3, 0.4) is 0 Å². The van der Waals surface area contributed by atoms with Gasteiger partial charge in [-0.05, 0) is 28.3 Å². The summed E-state index contributed by atoms with van der Waals surface area (Å²) in [4.78, 5) is 8.76. The molecule has 11 heteroatoms. The summed E-state index contributed by atoms with van der Waals surface area (Å²) in [7, 11) is 0. The van der Waals surface area contributed by atoms with Gasteiger partial charge in [-0.1, -0.05) is 66.2 Å². The fourth-order valence-corrected chi connectivity index (χ4v) is 4.43. The van der Waals surface area contributed by atoms with Crippen LogP contribution in [0.5, 0.6) is 0 Å². The van der Waals surface area contributed by atoms with Gasteiger partial charge in [0.2, 0.25) is 0 Å². The Kier molecular flexibility index (Phi) is 7.85. The van der Waals surface area contributed by atoms with Gasteiger partial charge in [0.25, 0.3) is 5.60 Å². The summed E-state index contributed by atoms with van der Waals surface area (Å²) in [6, 6.07) is 14.6.